The van der Waals surface area contributed by atoms with Gasteiger partial charge in [0.25, 0.3) is 0 Å². The van der Waals surface area contributed by atoms with Gasteiger partial charge in [-0.2, -0.15) is 0 Å². The van der Waals surface area contributed by atoms with E-state index in [1.165, 1.54) is 0 Å². The molecule has 0 amide bonds. The molecule has 1 fully saturated rings. The second kappa shape index (κ2) is 6.59. The molecule has 1 N–H and O–H groups in total. The monoisotopic (exact) mass is 237 g/mol. The van der Waals surface area contributed by atoms with Gasteiger partial charge in [0.05, 0.1) is 26.4 Å². The lowest BCUT2D eigenvalue weighted by Crippen LogP contribution is -2.38. The Hall–Kier alpha value is -1.10. The molecular weight excluding hydrogens is 218 g/mol. The van der Waals surface area contributed by atoms with Crippen LogP contribution in [0.3, 0.4) is 0 Å². The van der Waals surface area contributed by atoms with Crippen molar-refractivity contribution in [3.8, 4) is 5.75 Å². The number of aromatic hydroxyl groups is 1. The van der Waals surface area contributed by atoms with E-state index < -0.39 is 0 Å². The number of phenols is 1. The molecule has 0 aromatic heterocycles. The first-order chi connectivity index (χ1) is 8.34. The zero-order chi connectivity index (χ0) is 11.9. The lowest BCUT2D eigenvalue weighted by Gasteiger charge is -2.26. The Bertz CT molecular complexity index is 337. The average Bonchev–Trinajstić information content (AvgIpc) is 2.36. The van der Waals surface area contributed by atoms with E-state index in [2.05, 4.69) is 4.90 Å². The minimum atomic E-state index is 0.291. The van der Waals surface area contributed by atoms with Crippen LogP contribution in [0.4, 0.5) is 0 Å². The quantitative estimate of drug-likeness (QED) is 0.782. The van der Waals surface area contributed by atoms with Gasteiger partial charge in [-0.1, -0.05) is 12.1 Å². The van der Waals surface area contributed by atoms with Crippen molar-refractivity contribution in [2.75, 3.05) is 39.5 Å². The second-order valence-electron chi connectivity index (χ2n) is 4.18. The Morgan fingerprint density at radius 3 is 2.88 bits per heavy atom. The summed E-state index contributed by atoms with van der Waals surface area (Å²) in [5.74, 6) is 0.291. The number of rotatable bonds is 5. The van der Waals surface area contributed by atoms with Crippen LogP contribution >= 0.6 is 0 Å². The van der Waals surface area contributed by atoms with E-state index >= 15 is 0 Å². The van der Waals surface area contributed by atoms with Gasteiger partial charge >= 0.3 is 0 Å². The van der Waals surface area contributed by atoms with Crippen molar-refractivity contribution >= 4 is 0 Å². The van der Waals surface area contributed by atoms with Crippen LogP contribution in [0.2, 0.25) is 0 Å². The fourth-order valence-electron chi connectivity index (χ4n) is 1.85. The zero-order valence-electron chi connectivity index (χ0n) is 9.97. The molecule has 0 spiro atoms. The van der Waals surface area contributed by atoms with E-state index in [0.717, 1.165) is 45.0 Å². The van der Waals surface area contributed by atoms with E-state index in [4.69, 9.17) is 9.47 Å². The van der Waals surface area contributed by atoms with E-state index in [-0.39, 0.29) is 0 Å². The molecule has 0 atom stereocenters. The standard InChI is InChI=1S/C13H19NO3/c15-13-3-1-2-12(10-13)11-17-9-6-14-4-7-16-8-5-14/h1-3,10,15H,4-9,11H2. The number of morpholine rings is 1. The van der Waals surface area contributed by atoms with Gasteiger partial charge in [-0.05, 0) is 17.7 Å². The highest BCUT2D eigenvalue weighted by Gasteiger charge is 2.09. The number of hydrogen-bond acceptors (Lipinski definition) is 4. The predicted octanol–water partition coefficient (Wildman–Crippen LogP) is 1.24. The molecule has 4 heteroatoms. The molecule has 4 nitrogen and oxygen atoms in total. The maximum Gasteiger partial charge on any atom is 0.115 e. The molecule has 94 valence electrons. The lowest BCUT2D eigenvalue weighted by molar-refractivity contribution is 0.0180. The topological polar surface area (TPSA) is 41.9 Å². The lowest BCUT2D eigenvalue weighted by atomic mass is 10.2. The van der Waals surface area contributed by atoms with Crippen molar-refractivity contribution < 1.29 is 14.6 Å². The van der Waals surface area contributed by atoms with Gasteiger partial charge < -0.3 is 14.6 Å². The summed E-state index contributed by atoms with van der Waals surface area (Å²) >= 11 is 0. The van der Waals surface area contributed by atoms with Gasteiger partial charge in [-0.15, -0.1) is 0 Å². The SMILES string of the molecule is Oc1cccc(COCCN2CCOCC2)c1. The van der Waals surface area contributed by atoms with Gasteiger partial charge in [0.2, 0.25) is 0 Å². The number of phenolic OH excluding ortho intramolecular Hbond substituents is 1. The summed E-state index contributed by atoms with van der Waals surface area (Å²) in [5, 5.41) is 9.30. The summed E-state index contributed by atoms with van der Waals surface area (Å²) in [7, 11) is 0. The molecular formula is C13H19NO3. The molecule has 1 heterocycles. The highest BCUT2D eigenvalue weighted by Crippen LogP contribution is 2.11. The molecule has 0 saturated carbocycles. The summed E-state index contributed by atoms with van der Waals surface area (Å²) < 4.78 is 10.9. The van der Waals surface area contributed by atoms with Crippen LogP contribution in [0, 0.1) is 0 Å². The number of ether oxygens (including phenoxy) is 2. The van der Waals surface area contributed by atoms with E-state index in [9.17, 15) is 5.11 Å². The van der Waals surface area contributed by atoms with Crippen LogP contribution in [-0.4, -0.2) is 49.5 Å². The first kappa shape index (κ1) is 12.4. The Kier molecular flexibility index (Phi) is 4.79. The van der Waals surface area contributed by atoms with Crippen LogP contribution < -0.4 is 0 Å². The summed E-state index contributed by atoms with van der Waals surface area (Å²) in [4.78, 5) is 2.34. The first-order valence-corrected chi connectivity index (χ1v) is 6.00. The summed E-state index contributed by atoms with van der Waals surface area (Å²) in [6, 6.07) is 7.18. The highest BCUT2D eigenvalue weighted by atomic mass is 16.5. The van der Waals surface area contributed by atoms with E-state index in [0.29, 0.717) is 12.4 Å². The predicted molar refractivity (Wildman–Crippen MR) is 65.0 cm³/mol. The average molecular weight is 237 g/mol. The molecule has 0 bridgehead atoms. The number of hydrogen-bond donors (Lipinski definition) is 1. The molecule has 1 aliphatic rings. The molecule has 1 aromatic carbocycles. The molecule has 1 aromatic rings. The minimum absolute atomic E-state index is 0.291. The van der Waals surface area contributed by atoms with Crippen LogP contribution in [0.25, 0.3) is 0 Å². The molecule has 0 aliphatic carbocycles. The Morgan fingerprint density at radius 2 is 2.12 bits per heavy atom. The van der Waals surface area contributed by atoms with Crippen LogP contribution in [0.5, 0.6) is 5.75 Å². The third-order valence-electron chi connectivity index (χ3n) is 2.83. The maximum atomic E-state index is 9.30. The normalized spacial score (nSPS) is 17.2. The fraction of sp³-hybridized carbons (Fsp3) is 0.538. The minimum Gasteiger partial charge on any atom is -0.508 e. The van der Waals surface area contributed by atoms with Crippen molar-refractivity contribution in [2.45, 2.75) is 6.61 Å². The third-order valence-corrected chi connectivity index (χ3v) is 2.83. The Labute approximate surface area is 102 Å². The van der Waals surface area contributed by atoms with Crippen molar-refractivity contribution in [3.05, 3.63) is 29.8 Å². The van der Waals surface area contributed by atoms with Gasteiger partial charge in [-0.3, -0.25) is 4.90 Å². The second-order valence-corrected chi connectivity index (χ2v) is 4.18. The molecule has 17 heavy (non-hydrogen) atoms. The van der Waals surface area contributed by atoms with Crippen molar-refractivity contribution in [3.63, 3.8) is 0 Å². The van der Waals surface area contributed by atoms with Gasteiger partial charge in [-0.25, -0.2) is 0 Å². The van der Waals surface area contributed by atoms with Gasteiger partial charge in [0.15, 0.2) is 0 Å². The summed E-state index contributed by atoms with van der Waals surface area (Å²) in [6.07, 6.45) is 0. The van der Waals surface area contributed by atoms with Crippen molar-refractivity contribution in [1.82, 2.24) is 4.90 Å². The van der Waals surface area contributed by atoms with Crippen molar-refractivity contribution in [1.29, 1.82) is 0 Å². The van der Waals surface area contributed by atoms with E-state index in [1.807, 2.05) is 12.1 Å². The smallest absolute Gasteiger partial charge is 0.115 e. The Morgan fingerprint density at radius 1 is 1.29 bits per heavy atom. The molecule has 2 rings (SSSR count). The van der Waals surface area contributed by atoms with Crippen LogP contribution in [0.15, 0.2) is 24.3 Å². The van der Waals surface area contributed by atoms with Crippen LogP contribution in [0.1, 0.15) is 5.56 Å². The number of nitrogens with zero attached hydrogens (tertiary/aromatic N) is 1. The maximum absolute atomic E-state index is 9.30. The summed E-state index contributed by atoms with van der Waals surface area (Å²) in [5.41, 5.74) is 1.01. The third kappa shape index (κ3) is 4.34. The zero-order valence-corrected chi connectivity index (χ0v) is 9.97. The highest BCUT2D eigenvalue weighted by molar-refractivity contribution is 5.26. The summed E-state index contributed by atoms with van der Waals surface area (Å²) in [6.45, 7) is 5.86. The number of benzene rings is 1. The first-order valence-electron chi connectivity index (χ1n) is 6.00. The molecule has 0 radical (unpaired) electrons. The van der Waals surface area contributed by atoms with Gasteiger partial charge in [0.1, 0.15) is 5.75 Å². The fourth-order valence-corrected chi connectivity index (χ4v) is 1.85. The van der Waals surface area contributed by atoms with E-state index in [1.54, 1.807) is 12.1 Å². The molecule has 1 saturated heterocycles. The largest absolute Gasteiger partial charge is 0.508 e. The molecule has 1 aliphatic heterocycles. The van der Waals surface area contributed by atoms with Crippen LogP contribution in [-0.2, 0) is 16.1 Å². The molecule has 0 unspecified atom stereocenters. The van der Waals surface area contributed by atoms with Crippen molar-refractivity contribution in [2.24, 2.45) is 0 Å². The van der Waals surface area contributed by atoms with Gasteiger partial charge in [0, 0.05) is 19.6 Å². The Balaban J connectivity index is 1.62.